The highest BCUT2D eigenvalue weighted by Crippen LogP contribution is 2.41. The molecule has 32 heavy (non-hydrogen) atoms. The number of rotatable bonds is 7. The summed E-state index contributed by atoms with van der Waals surface area (Å²) in [7, 11) is 0. The van der Waals surface area contributed by atoms with Crippen molar-refractivity contribution in [3.63, 3.8) is 0 Å². The second-order valence-electron chi connectivity index (χ2n) is 8.43. The predicted molar refractivity (Wildman–Crippen MR) is 122 cm³/mol. The minimum Gasteiger partial charge on any atom is -0.347 e. The number of para-hydroxylation sites is 1. The fourth-order valence-electron chi connectivity index (χ4n) is 4.05. The van der Waals surface area contributed by atoms with Crippen molar-refractivity contribution in [2.75, 3.05) is 0 Å². The molecule has 0 bridgehead atoms. The monoisotopic (exact) mass is 426 g/mol. The average Bonchev–Trinajstić information content (AvgIpc) is 3.46. The van der Waals surface area contributed by atoms with Crippen molar-refractivity contribution in [1.29, 1.82) is 0 Å². The third kappa shape index (κ3) is 4.19. The Bertz CT molecular complexity index is 1250. The van der Waals surface area contributed by atoms with E-state index in [0.717, 1.165) is 46.7 Å². The van der Waals surface area contributed by atoms with Crippen molar-refractivity contribution in [3.05, 3.63) is 94.6 Å². The van der Waals surface area contributed by atoms with Gasteiger partial charge in [0.25, 0.3) is 5.91 Å². The van der Waals surface area contributed by atoms with Gasteiger partial charge >= 0.3 is 0 Å². The normalized spacial score (nSPS) is 13.3. The molecule has 1 N–H and O–H groups in total. The lowest BCUT2D eigenvalue weighted by Crippen LogP contribution is -2.24. The molecule has 1 saturated carbocycles. The number of amides is 1. The summed E-state index contributed by atoms with van der Waals surface area (Å²) in [6.45, 7) is 5.20. The van der Waals surface area contributed by atoms with E-state index >= 15 is 0 Å². The lowest BCUT2D eigenvalue weighted by Gasteiger charge is -2.09. The average molecular weight is 427 g/mol. The number of hydrogen-bond acceptors (Lipinski definition) is 4. The van der Waals surface area contributed by atoms with E-state index in [0.29, 0.717) is 24.7 Å². The minimum absolute atomic E-state index is 0.182. The van der Waals surface area contributed by atoms with Crippen LogP contribution < -0.4 is 5.32 Å². The van der Waals surface area contributed by atoms with E-state index in [-0.39, 0.29) is 5.91 Å². The van der Waals surface area contributed by atoms with Gasteiger partial charge in [-0.2, -0.15) is 5.10 Å². The van der Waals surface area contributed by atoms with Gasteiger partial charge in [-0.05, 0) is 56.0 Å². The molecule has 0 spiro atoms. The zero-order valence-electron chi connectivity index (χ0n) is 18.3. The van der Waals surface area contributed by atoms with Gasteiger partial charge in [0.15, 0.2) is 5.69 Å². The van der Waals surface area contributed by atoms with Crippen molar-refractivity contribution in [2.24, 2.45) is 0 Å². The van der Waals surface area contributed by atoms with Gasteiger partial charge < -0.3 is 5.32 Å². The molecule has 1 amide bonds. The number of carbonyl (C=O) groups is 1. The summed E-state index contributed by atoms with van der Waals surface area (Å²) in [4.78, 5) is 13.0. The molecule has 2 aromatic heterocycles. The van der Waals surface area contributed by atoms with Crippen LogP contribution in [0.15, 0.2) is 60.7 Å². The molecule has 0 saturated heterocycles. The van der Waals surface area contributed by atoms with Crippen molar-refractivity contribution in [3.8, 4) is 5.69 Å². The Morgan fingerprint density at radius 3 is 2.53 bits per heavy atom. The number of hydrogen-bond donors (Lipinski definition) is 1. The number of aromatic nitrogens is 5. The van der Waals surface area contributed by atoms with E-state index in [1.807, 2.05) is 58.8 Å². The second kappa shape index (κ2) is 8.42. The van der Waals surface area contributed by atoms with Crippen LogP contribution in [-0.2, 0) is 13.1 Å². The van der Waals surface area contributed by atoms with Crippen molar-refractivity contribution in [2.45, 2.75) is 45.7 Å². The summed E-state index contributed by atoms with van der Waals surface area (Å²) in [5.74, 6) is 0.160. The van der Waals surface area contributed by atoms with Gasteiger partial charge in [-0.15, -0.1) is 5.10 Å². The third-order valence-electron chi connectivity index (χ3n) is 5.77. The Hall–Kier alpha value is -3.74. The summed E-state index contributed by atoms with van der Waals surface area (Å²) < 4.78 is 3.80. The van der Waals surface area contributed by atoms with Crippen molar-refractivity contribution in [1.82, 2.24) is 30.1 Å². The molecule has 2 aromatic carbocycles. The first kappa shape index (κ1) is 20.2. The van der Waals surface area contributed by atoms with Crippen LogP contribution in [0.4, 0.5) is 0 Å². The summed E-state index contributed by atoms with van der Waals surface area (Å²) in [5.41, 5.74) is 6.61. The summed E-state index contributed by atoms with van der Waals surface area (Å²) in [5, 5.41) is 16.1. The molecule has 0 atom stereocenters. The minimum atomic E-state index is -0.182. The molecule has 1 aliphatic rings. The van der Waals surface area contributed by atoms with Gasteiger partial charge in [0.2, 0.25) is 0 Å². The van der Waals surface area contributed by atoms with E-state index in [1.165, 1.54) is 0 Å². The van der Waals surface area contributed by atoms with Gasteiger partial charge in [-0.1, -0.05) is 47.7 Å². The molecular formula is C25H26N6O. The standard InChI is InChI=1S/C25H26N6O/c1-17-13-18(2)30(28-17)16-20-8-6-7-19(14-20)15-26-25(32)23-24(21-11-12-21)31(29-27-23)22-9-4-3-5-10-22/h3-10,13-14,21H,11-12,15-16H2,1-2H3,(H,26,32). The largest absolute Gasteiger partial charge is 0.347 e. The van der Waals surface area contributed by atoms with Gasteiger partial charge in [0, 0.05) is 18.2 Å². The third-order valence-corrected chi connectivity index (χ3v) is 5.77. The van der Waals surface area contributed by atoms with Gasteiger partial charge in [0.05, 0.1) is 23.6 Å². The fraction of sp³-hybridized carbons (Fsp3) is 0.280. The molecule has 1 fully saturated rings. The fourth-order valence-corrected chi connectivity index (χ4v) is 4.05. The van der Waals surface area contributed by atoms with E-state index in [9.17, 15) is 4.79 Å². The number of aryl methyl sites for hydroxylation is 2. The lowest BCUT2D eigenvalue weighted by atomic mass is 10.1. The van der Waals surface area contributed by atoms with Crippen LogP contribution in [0.3, 0.4) is 0 Å². The molecular weight excluding hydrogens is 400 g/mol. The zero-order valence-corrected chi connectivity index (χ0v) is 18.3. The van der Waals surface area contributed by atoms with Crippen LogP contribution in [-0.4, -0.2) is 30.7 Å². The maximum atomic E-state index is 13.0. The molecule has 7 nitrogen and oxygen atoms in total. The molecule has 0 radical (unpaired) electrons. The summed E-state index contributed by atoms with van der Waals surface area (Å²) in [6, 6.07) is 20.2. The second-order valence-corrected chi connectivity index (χ2v) is 8.43. The van der Waals surface area contributed by atoms with E-state index in [4.69, 9.17) is 0 Å². The predicted octanol–water partition coefficient (Wildman–Crippen LogP) is 3.94. The van der Waals surface area contributed by atoms with Crippen molar-refractivity contribution < 1.29 is 4.79 Å². The van der Waals surface area contributed by atoms with Crippen molar-refractivity contribution >= 4 is 5.91 Å². The van der Waals surface area contributed by atoms with Crippen LogP contribution >= 0.6 is 0 Å². The molecule has 1 aliphatic carbocycles. The van der Waals surface area contributed by atoms with Crippen LogP contribution in [0.5, 0.6) is 0 Å². The highest BCUT2D eigenvalue weighted by molar-refractivity contribution is 5.93. The van der Waals surface area contributed by atoms with Crippen LogP contribution in [0, 0.1) is 13.8 Å². The first-order valence-corrected chi connectivity index (χ1v) is 11.0. The SMILES string of the molecule is Cc1cc(C)n(Cc2cccc(CNC(=O)c3nnn(-c4ccccc4)c3C3CC3)c2)n1. The van der Waals surface area contributed by atoms with Crippen LogP contribution in [0.2, 0.25) is 0 Å². The molecule has 2 heterocycles. The quantitative estimate of drug-likeness (QED) is 0.486. The number of benzene rings is 2. The molecule has 0 unspecified atom stereocenters. The molecule has 4 aromatic rings. The van der Waals surface area contributed by atoms with Gasteiger partial charge in [-0.25, -0.2) is 4.68 Å². The first-order valence-electron chi connectivity index (χ1n) is 11.0. The first-order chi connectivity index (χ1) is 15.6. The topological polar surface area (TPSA) is 77.6 Å². The van der Waals surface area contributed by atoms with E-state index in [2.05, 4.69) is 45.9 Å². The maximum Gasteiger partial charge on any atom is 0.274 e. The molecule has 0 aliphatic heterocycles. The van der Waals surface area contributed by atoms with E-state index in [1.54, 1.807) is 0 Å². The lowest BCUT2D eigenvalue weighted by molar-refractivity contribution is 0.0944. The van der Waals surface area contributed by atoms with Gasteiger partial charge in [0.1, 0.15) is 0 Å². The number of nitrogens with zero attached hydrogens (tertiary/aromatic N) is 5. The maximum absolute atomic E-state index is 13.0. The molecule has 162 valence electrons. The Morgan fingerprint density at radius 1 is 1.03 bits per heavy atom. The Balaban J connectivity index is 1.30. The smallest absolute Gasteiger partial charge is 0.274 e. The Kier molecular flexibility index (Phi) is 5.31. The summed E-state index contributed by atoms with van der Waals surface area (Å²) in [6.07, 6.45) is 2.13. The molecule has 7 heteroatoms. The van der Waals surface area contributed by atoms with E-state index < -0.39 is 0 Å². The Morgan fingerprint density at radius 2 is 1.81 bits per heavy atom. The highest BCUT2D eigenvalue weighted by Gasteiger charge is 2.34. The van der Waals surface area contributed by atoms with Crippen LogP contribution in [0.1, 0.15) is 57.5 Å². The van der Waals surface area contributed by atoms with Gasteiger partial charge in [-0.3, -0.25) is 9.48 Å². The number of carbonyl (C=O) groups excluding carboxylic acids is 1. The molecule has 5 rings (SSSR count). The zero-order chi connectivity index (χ0) is 22.1. The Labute approximate surface area is 187 Å². The van der Waals surface area contributed by atoms with Crippen LogP contribution in [0.25, 0.3) is 5.69 Å². The number of nitrogens with one attached hydrogen (secondary N) is 1. The summed E-state index contributed by atoms with van der Waals surface area (Å²) >= 11 is 0. The highest BCUT2D eigenvalue weighted by atomic mass is 16.2.